The van der Waals surface area contributed by atoms with Crippen LogP contribution in [-0.2, 0) is 9.53 Å². The average Bonchev–Trinajstić information content (AvgIpc) is 2.09. The van der Waals surface area contributed by atoms with Crippen LogP contribution < -0.4 is 11.1 Å². The van der Waals surface area contributed by atoms with Gasteiger partial charge < -0.3 is 15.8 Å². The summed E-state index contributed by atoms with van der Waals surface area (Å²) >= 11 is 0. The molecule has 0 aliphatic heterocycles. The van der Waals surface area contributed by atoms with E-state index in [4.69, 9.17) is 10.5 Å². The lowest BCUT2D eigenvalue weighted by Gasteiger charge is -2.25. The maximum atomic E-state index is 11.5. The molecule has 0 aliphatic carbocycles. The van der Waals surface area contributed by atoms with Crippen LogP contribution in [0.2, 0.25) is 0 Å². The first-order valence-corrected chi connectivity index (χ1v) is 5.40. The summed E-state index contributed by atoms with van der Waals surface area (Å²) < 4.78 is 5.30. The first-order chi connectivity index (χ1) is 6.75. The van der Waals surface area contributed by atoms with Gasteiger partial charge in [-0.3, -0.25) is 4.79 Å². The number of carbonyl (C=O) groups is 1. The number of hydrogen-bond donors (Lipinski definition) is 2. The fraction of sp³-hybridized carbons (Fsp3) is 0.909. The summed E-state index contributed by atoms with van der Waals surface area (Å²) in [4.78, 5) is 11.5. The lowest BCUT2D eigenvalue weighted by Crippen LogP contribution is -2.49. The highest BCUT2D eigenvalue weighted by Gasteiger charge is 2.26. The summed E-state index contributed by atoms with van der Waals surface area (Å²) in [5.74, 6) is -0.116. The van der Waals surface area contributed by atoms with Crippen molar-refractivity contribution in [3.05, 3.63) is 0 Å². The minimum absolute atomic E-state index is 0.116. The van der Waals surface area contributed by atoms with Crippen molar-refractivity contribution in [1.29, 1.82) is 0 Å². The standard InChI is InChI=1S/C11H24N2O2/c1-8(2)15-7-6-13-10(14)9(12)11(3,4)5/h8-9H,6-7,12H2,1-5H3,(H,13,14)/t9-/m1/s1. The molecule has 0 bridgehead atoms. The molecule has 0 rings (SSSR count). The highest BCUT2D eigenvalue weighted by Crippen LogP contribution is 2.16. The highest BCUT2D eigenvalue weighted by atomic mass is 16.5. The number of carbonyl (C=O) groups excluding carboxylic acids is 1. The van der Waals surface area contributed by atoms with Crippen molar-refractivity contribution in [1.82, 2.24) is 5.32 Å². The predicted octanol–water partition coefficient (Wildman–Crippen LogP) is 0.901. The Labute approximate surface area is 92.6 Å². The quantitative estimate of drug-likeness (QED) is 0.671. The Hall–Kier alpha value is -0.610. The molecule has 0 aliphatic rings. The second-order valence-corrected chi connectivity index (χ2v) is 5.05. The Morgan fingerprint density at radius 3 is 2.33 bits per heavy atom. The van der Waals surface area contributed by atoms with Gasteiger partial charge in [-0.15, -0.1) is 0 Å². The van der Waals surface area contributed by atoms with Crippen molar-refractivity contribution in [2.24, 2.45) is 11.1 Å². The fourth-order valence-electron chi connectivity index (χ4n) is 0.972. The van der Waals surface area contributed by atoms with E-state index in [2.05, 4.69) is 5.32 Å². The van der Waals surface area contributed by atoms with Crippen LogP contribution in [0.5, 0.6) is 0 Å². The van der Waals surface area contributed by atoms with Crippen molar-refractivity contribution in [3.8, 4) is 0 Å². The first-order valence-electron chi connectivity index (χ1n) is 5.40. The second kappa shape index (κ2) is 6.08. The van der Waals surface area contributed by atoms with E-state index in [9.17, 15) is 4.79 Å². The molecule has 4 heteroatoms. The van der Waals surface area contributed by atoms with Crippen molar-refractivity contribution in [2.75, 3.05) is 13.2 Å². The molecule has 15 heavy (non-hydrogen) atoms. The van der Waals surface area contributed by atoms with E-state index in [0.717, 1.165) is 0 Å². The van der Waals surface area contributed by atoms with E-state index >= 15 is 0 Å². The SMILES string of the molecule is CC(C)OCCNC(=O)[C@@H](N)C(C)(C)C. The Kier molecular flexibility index (Phi) is 5.83. The largest absolute Gasteiger partial charge is 0.377 e. The zero-order valence-corrected chi connectivity index (χ0v) is 10.5. The molecule has 0 heterocycles. The van der Waals surface area contributed by atoms with Crippen molar-refractivity contribution >= 4 is 5.91 Å². The molecule has 1 atom stereocenters. The van der Waals surface area contributed by atoms with Gasteiger partial charge in [0.25, 0.3) is 0 Å². The maximum Gasteiger partial charge on any atom is 0.237 e. The molecule has 0 saturated carbocycles. The summed E-state index contributed by atoms with van der Waals surface area (Å²) in [7, 11) is 0. The van der Waals surface area contributed by atoms with Crippen molar-refractivity contribution in [2.45, 2.75) is 46.8 Å². The molecular weight excluding hydrogens is 192 g/mol. The zero-order chi connectivity index (χ0) is 12.1. The first kappa shape index (κ1) is 14.4. The summed E-state index contributed by atoms with van der Waals surface area (Å²) in [6.45, 7) is 10.8. The molecule has 0 fully saturated rings. The van der Waals surface area contributed by atoms with Gasteiger partial charge in [0.15, 0.2) is 0 Å². The molecule has 0 spiro atoms. The molecule has 1 amide bonds. The van der Waals surface area contributed by atoms with Gasteiger partial charge in [-0.2, -0.15) is 0 Å². The van der Waals surface area contributed by atoms with Crippen LogP contribution in [0.3, 0.4) is 0 Å². The third kappa shape index (κ3) is 6.47. The lowest BCUT2D eigenvalue weighted by atomic mass is 9.87. The number of nitrogens with two attached hydrogens (primary N) is 1. The van der Waals surface area contributed by atoms with E-state index in [1.54, 1.807) is 0 Å². The Balaban J connectivity index is 3.75. The number of rotatable bonds is 5. The minimum Gasteiger partial charge on any atom is -0.377 e. The molecule has 0 unspecified atom stereocenters. The Morgan fingerprint density at radius 2 is 1.93 bits per heavy atom. The fourth-order valence-corrected chi connectivity index (χ4v) is 0.972. The topological polar surface area (TPSA) is 64.3 Å². The minimum atomic E-state index is -0.475. The summed E-state index contributed by atoms with van der Waals surface area (Å²) in [6.07, 6.45) is 0.193. The lowest BCUT2D eigenvalue weighted by molar-refractivity contribution is -0.124. The van der Waals surface area contributed by atoms with Gasteiger partial charge in [-0.25, -0.2) is 0 Å². The normalized spacial score (nSPS) is 14.1. The van der Waals surface area contributed by atoms with Gasteiger partial charge in [-0.05, 0) is 19.3 Å². The predicted molar refractivity (Wildman–Crippen MR) is 61.5 cm³/mol. The van der Waals surface area contributed by atoms with Gasteiger partial charge in [-0.1, -0.05) is 20.8 Å². The monoisotopic (exact) mass is 216 g/mol. The molecule has 0 radical (unpaired) electrons. The number of nitrogens with one attached hydrogen (secondary N) is 1. The summed E-state index contributed by atoms with van der Waals surface area (Å²) in [5.41, 5.74) is 5.58. The molecule has 0 aromatic heterocycles. The van der Waals surface area contributed by atoms with Crippen molar-refractivity contribution in [3.63, 3.8) is 0 Å². The smallest absolute Gasteiger partial charge is 0.237 e. The van der Waals surface area contributed by atoms with Crippen LogP contribution in [0.1, 0.15) is 34.6 Å². The van der Waals surface area contributed by atoms with Crippen LogP contribution in [0, 0.1) is 5.41 Å². The van der Waals surface area contributed by atoms with Crippen LogP contribution in [0.4, 0.5) is 0 Å². The summed E-state index contributed by atoms with van der Waals surface area (Å²) in [6, 6.07) is -0.475. The van der Waals surface area contributed by atoms with Gasteiger partial charge in [0, 0.05) is 6.54 Å². The van der Waals surface area contributed by atoms with Crippen LogP contribution in [0.25, 0.3) is 0 Å². The highest BCUT2D eigenvalue weighted by molar-refractivity contribution is 5.82. The average molecular weight is 216 g/mol. The van der Waals surface area contributed by atoms with E-state index in [1.807, 2.05) is 34.6 Å². The zero-order valence-electron chi connectivity index (χ0n) is 10.5. The van der Waals surface area contributed by atoms with Crippen LogP contribution >= 0.6 is 0 Å². The molecule has 90 valence electrons. The molecule has 3 N–H and O–H groups in total. The molecule has 0 aromatic rings. The molecular formula is C11H24N2O2. The number of amides is 1. The van der Waals surface area contributed by atoms with Crippen molar-refractivity contribution < 1.29 is 9.53 Å². The Morgan fingerprint density at radius 1 is 1.40 bits per heavy atom. The number of ether oxygens (including phenoxy) is 1. The maximum absolute atomic E-state index is 11.5. The van der Waals surface area contributed by atoms with Crippen LogP contribution in [0.15, 0.2) is 0 Å². The third-order valence-electron chi connectivity index (χ3n) is 2.07. The second-order valence-electron chi connectivity index (χ2n) is 5.05. The van der Waals surface area contributed by atoms with Crippen LogP contribution in [-0.4, -0.2) is 31.2 Å². The van der Waals surface area contributed by atoms with E-state index < -0.39 is 6.04 Å². The van der Waals surface area contributed by atoms with E-state index in [1.165, 1.54) is 0 Å². The Bertz CT molecular complexity index is 197. The third-order valence-corrected chi connectivity index (χ3v) is 2.07. The number of hydrogen-bond acceptors (Lipinski definition) is 3. The van der Waals surface area contributed by atoms with Gasteiger partial charge in [0.05, 0.1) is 18.8 Å². The van der Waals surface area contributed by atoms with E-state index in [-0.39, 0.29) is 17.4 Å². The van der Waals surface area contributed by atoms with Gasteiger partial charge >= 0.3 is 0 Å². The molecule has 4 nitrogen and oxygen atoms in total. The molecule has 0 aromatic carbocycles. The molecule has 0 saturated heterocycles. The van der Waals surface area contributed by atoms with E-state index in [0.29, 0.717) is 13.2 Å². The van der Waals surface area contributed by atoms with Gasteiger partial charge in [0.1, 0.15) is 0 Å². The van der Waals surface area contributed by atoms with Gasteiger partial charge in [0.2, 0.25) is 5.91 Å². The summed E-state index contributed by atoms with van der Waals surface area (Å²) in [5, 5.41) is 2.76.